The van der Waals surface area contributed by atoms with Crippen molar-refractivity contribution in [3.05, 3.63) is 22.8 Å². The molecule has 0 aromatic heterocycles. The first-order valence-corrected chi connectivity index (χ1v) is 8.36. The van der Waals surface area contributed by atoms with E-state index in [1.54, 1.807) is 0 Å². The molecule has 0 amide bonds. The molecule has 3 rings (SSSR count). The van der Waals surface area contributed by atoms with Crippen LogP contribution in [-0.4, -0.2) is 23.1 Å². The first kappa shape index (κ1) is 16.7. The summed E-state index contributed by atoms with van der Waals surface area (Å²) in [4.78, 5) is 6.02. The maximum Gasteiger partial charge on any atom is 0.137 e. The Morgan fingerprint density at radius 3 is 2.62 bits per heavy atom. The van der Waals surface area contributed by atoms with Crippen LogP contribution in [0, 0.1) is 0 Å². The van der Waals surface area contributed by atoms with Crippen molar-refractivity contribution >= 4 is 30.4 Å². The highest BCUT2D eigenvalue weighted by Gasteiger charge is 2.36. The second-order valence-electron chi connectivity index (χ2n) is 6.97. The zero-order chi connectivity index (χ0) is 14.5. The number of thioether (sulfide) groups is 1. The van der Waals surface area contributed by atoms with Crippen LogP contribution in [0.25, 0.3) is 0 Å². The van der Waals surface area contributed by atoms with Crippen LogP contribution in [0.15, 0.2) is 16.0 Å². The van der Waals surface area contributed by atoms with E-state index in [1.165, 1.54) is 21.6 Å². The summed E-state index contributed by atoms with van der Waals surface area (Å²) in [6.07, 6.45) is 4.07. The third-order valence-corrected chi connectivity index (χ3v) is 4.82. The van der Waals surface area contributed by atoms with Crippen LogP contribution in [0.3, 0.4) is 0 Å². The fourth-order valence-electron chi connectivity index (χ4n) is 3.11. The van der Waals surface area contributed by atoms with E-state index in [0.29, 0.717) is 0 Å². The van der Waals surface area contributed by atoms with Crippen LogP contribution in [0.1, 0.15) is 51.3 Å². The molecule has 116 valence electrons. The van der Waals surface area contributed by atoms with E-state index in [1.807, 2.05) is 11.8 Å². The van der Waals surface area contributed by atoms with Gasteiger partial charge in [0.15, 0.2) is 0 Å². The molecule has 0 saturated heterocycles. The molecule has 21 heavy (non-hydrogen) atoms. The molecule has 2 heterocycles. The number of halogens is 1. The van der Waals surface area contributed by atoms with Crippen molar-refractivity contribution < 1.29 is 4.74 Å². The molecule has 2 aliphatic heterocycles. The minimum atomic E-state index is -0.0959. The average molecular weight is 326 g/mol. The molecule has 0 spiro atoms. The van der Waals surface area contributed by atoms with Gasteiger partial charge in [0.25, 0.3) is 0 Å². The summed E-state index contributed by atoms with van der Waals surface area (Å²) in [6.45, 7) is 10.9. The van der Waals surface area contributed by atoms with Gasteiger partial charge in [-0.1, -0.05) is 6.92 Å². The normalized spacial score (nSPS) is 20.2. The Balaban J connectivity index is 0.00000161. The van der Waals surface area contributed by atoms with Gasteiger partial charge in [-0.15, -0.1) is 24.2 Å². The Labute approximate surface area is 138 Å². The highest BCUT2D eigenvalue weighted by Crippen LogP contribution is 2.46. The van der Waals surface area contributed by atoms with E-state index >= 15 is 0 Å². The van der Waals surface area contributed by atoms with Gasteiger partial charge in [-0.3, -0.25) is 4.99 Å². The van der Waals surface area contributed by atoms with E-state index in [0.717, 1.165) is 24.3 Å². The summed E-state index contributed by atoms with van der Waals surface area (Å²) >= 11 is 1.88. The monoisotopic (exact) mass is 325 g/mol. The summed E-state index contributed by atoms with van der Waals surface area (Å²) in [6, 6.07) is 2.33. The molecule has 2 aliphatic rings. The molecule has 1 aromatic rings. The number of benzene rings is 1. The minimum absolute atomic E-state index is 0. The van der Waals surface area contributed by atoms with E-state index in [2.05, 4.69) is 46.9 Å². The number of ether oxygens (including phenoxy) is 1. The molecule has 0 aliphatic carbocycles. The molecule has 4 heteroatoms. The summed E-state index contributed by atoms with van der Waals surface area (Å²) in [5.41, 5.74) is 4.03. The predicted molar refractivity (Wildman–Crippen MR) is 93.9 cm³/mol. The lowest BCUT2D eigenvalue weighted by Gasteiger charge is -2.27. The van der Waals surface area contributed by atoms with E-state index in [4.69, 9.17) is 9.73 Å². The van der Waals surface area contributed by atoms with Crippen LogP contribution in [0.5, 0.6) is 5.75 Å². The first-order chi connectivity index (χ1) is 9.31. The van der Waals surface area contributed by atoms with Gasteiger partial charge < -0.3 is 4.74 Å². The number of fused-ring (bicyclic) bond motifs is 3. The molecule has 0 N–H and O–H groups in total. The molecule has 0 radical (unpaired) electrons. The first-order valence-electron chi connectivity index (χ1n) is 7.37. The third-order valence-electron chi connectivity index (χ3n) is 3.92. The van der Waals surface area contributed by atoms with Crippen LogP contribution in [-0.2, 0) is 12.8 Å². The summed E-state index contributed by atoms with van der Waals surface area (Å²) in [7, 11) is 0. The lowest BCUT2D eigenvalue weighted by molar-refractivity contribution is 0.135. The molecule has 2 nitrogen and oxygen atoms in total. The van der Waals surface area contributed by atoms with Crippen LogP contribution in [0.4, 0.5) is 0 Å². The largest absolute Gasteiger partial charge is 0.486 e. The molecular weight excluding hydrogens is 302 g/mol. The Kier molecular flexibility index (Phi) is 4.38. The van der Waals surface area contributed by atoms with Crippen molar-refractivity contribution in [2.45, 2.75) is 63.5 Å². The van der Waals surface area contributed by atoms with E-state index in [9.17, 15) is 0 Å². The van der Waals surface area contributed by atoms with Gasteiger partial charge in [-0.05, 0) is 51.5 Å². The van der Waals surface area contributed by atoms with Crippen molar-refractivity contribution in [1.29, 1.82) is 0 Å². The minimum Gasteiger partial charge on any atom is -0.486 e. The maximum atomic E-state index is 6.21. The zero-order valence-corrected chi connectivity index (χ0v) is 15.1. The van der Waals surface area contributed by atoms with Crippen LogP contribution < -0.4 is 4.74 Å². The molecule has 0 saturated carbocycles. The Morgan fingerprint density at radius 2 is 1.95 bits per heavy atom. The van der Waals surface area contributed by atoms with Crippen molar-refractivity contribution in [2.75, 3.05) is 5.75 Å². The molecule has 1 aromatic carbocycles. The molecular formula is C17H24ClNOS. The van der Waals surface area contributed by atoms with Gasteiger partial charge >= 0.3 is 0 Å². The molecule has 0 bridgehead atoms. The number of hydrogen-bond acceptors (Lipinski definition) is 3. The van der Waals surface area contributed by atoms with Crippen molar-refractivity contribution in [2.24, 2.45) is 4.99 Å². The number of hydrogen-bond donors (Lipinski definition) is 0. The van der Waals surface area contributed by atoms with Crippen molar-refractivity contribution in [3.63, 3.8) is 0 Å². The lowest BCUT2D eigenvalue weighted by atomic mass is 9.86. The topological polar surface area (TPSA) is 21.6 Å². The molecule has 0 unspecified atom stereocenters. The SMILES string of the molecule is CCSc1cc2c(c3c1OC(C)(C)C3)C=NC(C)(C)C2.Cl. The standard InChI is InChI=1S/C17H23NOS.ClH/c1-6-20-14-7-11-8-16(2,3)18-10-13(11)12-9-17(4,5)19-15(12)14;/h7,10H,6,8-9H2,1-5H3;1H. The number of rotatable bonds is 2. The summed E-state index contributed by atoms with van der Waals surface area (Å²) < 4.78 is 6.21. The average Bonchev–Trinajstić information content (AvgIpc) is 2.64. The molecule has 0 atom stereocenters. The second-order valence-corrected chi connectivity index (χ2v) is 8.28. The van der Waals surface area contributed by atoms with Gasteiger partial charge in [0, 0.05) is 28.7 Å². The Bertz CT molecular complexity index is 593. The highest BCUT2D eigenvalue weighted by molar-refractivity contribution is 7.99. The highest BCUT2D eigenvalue weighted by atomic mass is 35.5. The van der Waals surface area contributed by atoms with E-state index < -0.39 is 0 Å². The maximum absolute atomic E-state index is 6.21. The third kappa shape index (κ3) is 3.09. The lowest BCUT2D eigenvalue weighted by Crippen LogP contribution is -2.26. The Hall–Kier alpha value is -0.670. The van der Waals surface area contributed by atoms with Crippen molar-refractivity contribution in [1.82, 2.24) is 0 Å². The van der Waals surface area contributed by atoms with E-state index in [-0.39, 0.29) is 23.5 Å². The van der Waals surface area contributed by atoms with Crippen LogP contribution in [0.2, 0.25) is 0 Å². The number of aliphatic imine (C=N–C) groups is 1. The Morgan fingerprint density at radius 1 is 1.24 bits per heavy atom. The van der Waals surface area contributed by atoms with Gasteiger partial charge in [-0.2, -0.15) is 0 Å². The molecule has 0 fully saturated rings. The van der Waals surface area contributed by atoms with Gasteiger partial charge in [0.05, 0.1) is 5.54 Å². The van der Waals surface area contributed by atoms with Gasteiger partial charge in [0.2, 0.25) is 0 Å². The van der Waals surface area contributed by atoms with Crippen molar-refractivity contribution in [3.8, 4) is 5.75 Å². The van der Waals surface area contributed by atoms with Gasteiger partial charge in [0.1, 0.15) is 11.4 Å². The van der Waals surface area contributed by atoms with Crippen LogP contribution >= 0.6 is 24.2 Å². The van der Waals surface area contributed by atoms with Gasteiger partial charge in [-0.25, -0.2) is 0 Å². The quantitative estimate of drug-likeness (QED) is 0.736. The summed E-state index contributed by atoms with van der Waals surface area (Å²) in [5, 5.41) is 0. The predicted octanol–water partition coefficient (Wildman–Crippen LogP) is 4.69. The number of nitrogens with zero attached hydrogens (tertiary/aromatic N) is 1. The smallest absolute Gasteiger partial charge is 0.137 e. The fourth-order valence-corrected chi connectivity index (χ4v) is 3.95. The fraction of sp³-hybridized carbons (Fsp3) is 0.588. The second kappa shape index (κ2) is 5.51. The zero-order valence-electron chi connectivity index (χ0n) is 13.4. The summed E-state index contributed by atoms with van der Waals surface area (Å²) in [5.74, 6) is 2.18.